The molecule has 0 fully saturated rings. The van der Waals surface area contributed by atoms with Crippen molar-refractivity contribution >= 4 is 28.8 Å². The highest BCUT2D eigenvalue weighted by molar-refractivity contribution is 7.16. The zero-order valence-electron chi connectivity index (χ0n) is 10.4. The molecular formula is C14H13ClFNOS. The van der Waals surface area contributed by atoms with Crippen molar-refractivity contribution in [3.05, 3.63) is 56.5 Å². The molecule has 0 saturated carbocycles. The molecule has 1 aromatic carbocycles. The van der Waals surface area contributed by atoms with Gasteiger partial charge in [-0.05, 0) is 49.2 Å². The first-order chi connectivity index (χ1) is 9.06. The molecular weight excluding hydrogens is 285 g/mol. The normalized spacial score (nSPS) is 10.5. The summed E-state index contributed by atoms with van der Waals surface area (Å²) in [5, 5.41) is 2.82. The minimum Gasteiger partial charge on any atom is -0.352 e. The van der Waals surface area contributed by atoms with Gasteiger partial charge in [0.25, 0.3) is 5.91 Å². The van der Waals surface area contributed by atoms with E-state index >= 15 is 0 Å². The van der Waals surface area contributed by atoms with E-state index in [1.54, 1.807) is 6.92 Å². The summed E-state index contributed by atoms with van der Waals surface area (Å²) >= 11 is 7.33. The number of nitrogens with one attached hydrogen (secondary N) is 1. The predicted molar refractivity (Wildman–Crippen MR) is 76.5 cm³/mol. The van der Waals surface area contributed by atoms with Gasteiger partial charge in [0.05, 0.1) is 4.34 Å². The summed E-state index contributed by atoms with van der Waals surface area (Å²) in [6.45, 7) is 2.25. The molecule has 2 aromatic rings. The van der Waals surface area contributed by atoms with Crippen LogP contribution in [0.5, 0.6) is 0 Å². The Hall–Kier alpha value is -1.39. The highest BCUT2D eigenvalue weighted by atomic mass is 35.5. The zero-order chi connectivity index (χ0) is 13.8. The van der Waals surface area contributed by atoms with Gasteiger partial charge in [-0.15, -0.1) is 11.3 Å². The summed E-state index contributed by atoms with van der Waals surface area (Å²) in [7, 11) is 0. The maximum absolute atomic E-state index is 12.9. The van der Waals surface area contributed by atoms with E-state index in [0.29, 0.717) is 17.7 Å². The maximum atomic E-state index is 12.9. The lowest BCUT2D eigenvalue weighted by Crippen LogP contribution is -2.26. The monoisotopic (exact) mass is 297 g/mol. The lowest BCUT2D eigenvalue weighted by molar-refractivity contribution is 0.0953. The second kappa shape index (κ2) is 6.17. The fraction of sp³-hybridized carbons (Fsp3) is 0.214. The highest BCUT2D eigenvalue weighted by Gasteiger charge is 2.09. The first-order valence-electron chi connectivity index (χ1n) is 5.85. The first-order valence-corrected chi connectivity index (χ1v) is 7.04. The lowest BCUT2D eigenvalue weighted by Gasteiger charge is -2.07. The number of amides is 1. The molecule has 19 heavy (non-hydrogen) atoms. The summed E-state index contributed by atoms with van der Waals surface area (Å²) in [5.74, 6) is -0.512. The Balaban J connectivity index is 1.90. The van der Waals surface area contributed by atoms with Gasteiger partial charge in [-0.25, -0.2) is 4.39 Å². The molecule has 0 saturated heterocycles. The van der Waals surface area contributed by atoms with Crippen molar-refractivity contribution in [2.24, 2.45) is 0 Å². The molecule has 100 valence electrons. The van der Waals surface area contributed by atoms with Crippen LogP contribution in [0, 0.1) is 12.7 Å². The van der Waals surface area contributed by atoms with Crippen LogP contribution in [-0.4, -0.2) is 12.5 Å². The molecule has 1 aromatic heterocycles. The van der Waals surface area contributed by atoms with Crippen LogP contribution in [0.1, 0.15) is 20.8 Å². The number of carbonyl (C=O) groups excluding carboxylic acids is 1. The predicted octanol–water partition coefficient (Wildman–Crippen LogP) is 3.82. The van der Waals surface area contributed by atoms with Gasteiger partial charge in [0, 0.05) is 17.0 Å². The molecule has 0 aliphatic rings. The summed E-state index contributed by atoms with van der Waals surface area (Å²) in [6, 6.07) is 7.94. The van der Waals surface area contributed by atoms with Gasteiger partial charge in [0.15, 0.2) is 0 Å². The van der Waals surface area contributed by atoms with E-state index in [4.69, 9.17) is 11.6 Å². The van der Waals surface area contributed by atoms with Gasteiger partial charge in [-0.1, -0.05) is 11.6 Å². The van der Waals surface area contributed by atoms with Crippen molar-refractivity contribution < 1.29 is 9.18 Å². The maximum Gasteiger partial charge on any atom is 0.251 e. The summed E-state index contributed by atoms with van der Waals surface area (Å²) in [6.07, 6.45) is 0.739. The van der Waals surface area contributed by atoms with Crippen LogP contribution in [0.3, 0.4) is 0 Å². The Bertz CT molecular complexity index is 597. The third kappa shape index (κ3) is 3.78. The summed E-state index contributed by atoms with van der Waals surface area (Å²) in [4.78, 5) is 13.0. The molecule has 1 heterocycles. The van der Waals surface area contributed by atoms with Crippen molar-refractivity contribution in [2.75, 3.05) is 6.54 Å². The molecule has 0 bridgehead atoms. The van der Waals surface area contributed by atoms with Crippen molar-refractivity contribution in [1.82, 2.24) is 5.32 Å². The second-order valence-corrected chi connectivity index (χ2v) is 5.97. The number of hydrogen-bond donors (Lipinski definition) is 1. The molecule has 5 heteroatoms. The minimum atomic E-state index is -0.331. The zero-order valence-corrected chi connectivity index (χ0v) is 11.9. The Morgan fingerprint density at radius 1 is 1.37 bits per heavy atom. The van der Waals surface area contributed by atoms with Crippen molar-refractivity contribution in [2.45, 2.75) is 13.3 Å². The number of carbonyl (C=O) groups is 1. The summed E-state index contributed by atoms with van der Waals surface area (Å²) in [5.41, 5.74) is 1.14. The molecule has 0 aliphatic carbocycles. The molecule has 0 unspecified atom stereocenters. The van der Waals surface area contributed by atoms with E-state index in [0.717, 1.165) is 15.6 Å². The van der Waals surface area contributed by atoms with E-state index in [1.807, 2.05) is 12.1 Å². The van der Waals surface area contributed by atoms with Crippen molar-refractivity contribution in [3.63, 3.8) is 0 Å². The van der Waals surface area contributed by atoms with E-state index < -0.39 is 0 Å². The first kappa shape index (κ1) is 14.0. The van der Waals surface area contributed by atoms with Crippen LogP contribution in [0.2, 0.25) is 4.34 Å². The molecule has 1 N–H and O–H groups in total. The van der Waals surface area contributed by atoms with Gasteiger partial charge in [-0.2, -0.15) is 0 Å². The van der Waals surface area contributed by atoms with Crippen LogP contribution in [0.15, 0.2) is 30.3 Å². The number of halogens is 2. The average Bonchev–Trinajstić information content (AvgIpc) is 2.75. The standard InChI is InChI=1S/C14H13ClFNOS/c1-9-8-10(16)2-4-12(9)14(18)17-7-6-11-3-5-13(15)19-11/h2-5,8H,6-7H2,1H3,(H,17,18). The number of thiophene rings is 1. The smallest absolute Gasteiger partial charge is 0.251 e. The Labute approximate surface area is 120 Å². The van der Waals surface area contributed by atoms with Crippen LogP contribution in [-0.2, 0) is 6.42 Å². The molecule has 0 aliphatic heterocycles. The van der Waals surface area contributed by atoms with E-state index in [-0.39, 0.29) is 11.7 Å². The number of hydrogen-bond acceptors (Lipinski definition) is 2. The average molecular weight is 298 g/mol. The van der Waals surface area contributed by atoms with Gasteiger partial charge < -0.3 is 5.32 Å². The lowest BCUT2D eigenvalue weighted by atomic mass is 10.1. The number of benzene rings is 1. The SMILES string of the molecule is Cc1cc(F)ccc1C(=O)NCCc1ccc(Cl)s1. The van der Waals surface area contributed by atoms with Crippen LogP contribution >= 0.6 is 22.9 Å². The number of rotatable bonds is 4. The Morgan fingerprint density at radius 2 is 2.16 bits per heavy atom. The fourth-order valence-electron chi connectivity index (χ4n) is 1.76. The quantitative estimate of drug-likeness (QED) is 0.913. The van der Waals surface area contributed by atoms with Gasteiger partial charge in [-0.3, -0.25) is 4.79 Å². The minimum absolute atomic E-state index is 0.180. The molecule has 2 rings (SSSR count). The van der Waals surface area contributed by atoms with E-state index in [1.165, 1.54) is 29.5 Å². The van der Waals surface area contributed by atoms with Gasteiger partial charge in [0.2, 0.25) is 0 Å². The fourth-order valence-corrected chi connectivity index (χ4v) is 2.85. The molecule has 2 nitrogen and oxygen atoms in total. The van der Waals surface area contributed by atoms with Crippen molar-refractivity contribution in [3.8, 4) is 0 Å². The summed E-state index contributed by atoms with van der Waals surface area (Å²) < 4.78 is 13.7. The largest absolute Gasteiger partial charge is 0.352 e. The Kier molecular flexibility index (Phi) is 4.56. The topological polar surface area (TPSA) is 29.1 Å². The van der Waals surface area contributed by atoms with E-state index in [9.17, 15) is 9.18 Å². The second-order valence-electron chi connectivity index (χ2n) is 4.17. The van der Waals surface area contributed by atoms with E-state index in [2.05, 4.69) is 5.32 Å². The third-order valence-corrected chi connectivity index (χ3v) is 4.01. The highest BCUT2D eigenvalue weighted by Crippen LogP contribution is 2.21. The third-order valence-electron chi connectivity index (χ3n) is 2.72. The number of aryl methyl sites for hydroxylation is 1. The molecule has 1 amide bonds. The molecule has 0 radical (unpaired) electrons. The molecule has 0 spiro atoms. The van der Waals surface area contributed by atoms with Gasteiger partial charge >= 0.3 is 0 Å². The Morgan fingerprint density at radius 3 is 2.79 bits per heavy atom. The molecule has 0 atom stereocenters. The van der Waals surface area contributed by atoms with Crippen LogP contribution in [0.25, 0.3) is 0 Å². The van der Waals surface area contributed by atoms with Gasteiger partial charge in [0.1, 0.15) is 5.82 Å². The van der Waals surface area contributed by atoms with Crippen LogP contribution in [0.4, 0.5) is 4.39 Å². The van der Waals surface area contributed by atoms with Crippen LogP contribution < -0.4 is 5.32 Å². The van der Waals surface area contributed by atoms with Crippen molar-refractivity contribution in [1.29, 1.82) is 0 Å².